The second kappa shape index (κ2) is 8.50. The lowest BCUT2D eigenvalue weighted by Gasteiger charge is -2.43. The fraction of sp³-hybridized carbons (Fsp3) is 0.520. The van der Waals surface area contributed by atoms with Gasteiger partial charge in [-0.2, -0.15) is 0 Å². The van der Waals surface area contributed by atoms with Gasteiger partial charge in [-0.1, -0.05) is 12.1 Å². The number of anilines is 2. The molecule has 2 N–H and O–H groups in total. The maximum absolute atomic E-state index is 12.1. The highest BCUT2D eigenvalue weighted by Crippen LogP contribution is 2.44. The van der Waals surface area contributed by atoms with Crippen LogP contribution < -0.4 is 10.6 Å². The summed E-state index contributed by atoms with van der Waals surface area (Å²) in [6.45, 7) is 4.06. The van der Waals surface area contributed by atoms with E-state index in [9.17, 15) is 9.59 Å². The highest BCUT2D eigenvalue weighted by Gasteiger charge is 2.48. The minimum Gasteiger partial charge on any atom is -0.310 e. The van der Waals surface area contributed by atoms with Gasteiger partial charge in [-0.05, 0) is 78.1 Å². The van der Waals surface area contributed by atoms with Gasteiger partial charge in [0.1, 0.15) is 11.6 Å². The number of rotatable bonds is 0. The molecular weight excluding hydrogens is 416 g/mol. The number of nitrogens with zero attached hydrogens (tertiary/aromatic N) is 4. The predicted molar refractivity (Wildman–Crippen MR) is 127 cm³/mol. The first-order valence-electron chi connectivity index (χ1n) is 11.8. The van der Waals surface area contributed by atoms with Gasteiger partial charge in [-0.3, -0.25) is 9.59 Å². The summed E-state index contributed by atoms with van der Waals surface area (Å²) in [5.74, 6) is 1.78. The van der Waals surface area contributed by atoms with Crippen LogP contribution in [0.4, 0.5) is 11.6 Å². The van der Waals surface area contributed by atoms with Crippen LogP contribution in [0.25, 0.3) is 0 Å². The van der Waals surface area contributed by atoms with Gasteiger partial charge in [-0.25, -0.2) is 9.97 Å². The lowest BCUT2D eigenvalue weighted by Crippen LogP contribution is -2.45. The fourth-order valence-electron chi connectivity index (χ4n) is 5.74. The summed E-state index contributed by atoms with van der Waals surface area (Å²) in [7, 11) is 4.24. The Morgan fingerprint density at radius 1 is 0.788 bits per heavy atom. The summed E-state index contributed by atoms with van der Waals surface area (Å²) >= 11 is 0. The van der Waals surface area contributed by atoms with Crippen molar-refractivity contribution in [2.45, 2.75) is 42.9 Å². The standard InChI is InChI=1S/C13H17N3O.C12H15N3O/c1-16-7-4-13(5-8-16)9-11(17)15-12-10(13)3-2-6-14-12;1-15-7-4-12(5-8-15)9-3-2-6-13-10(9)14-11(12)16/h2-3,6H,4-5,7-9H2,1H3,(H,14,15,17);2-3,6H,4-5,7-8H2,1H3,(H,13,14,16). The lowest BCUT2D eigenvalue weighted by atomic mass is 9.69. The highest BCUT2D eigenvalue weighted by atomic mass is 16.2. The zero-order valence-corrected chi connectivity index (χ0v) is 19.4. The Labute approximate surface area is 194 Å². The lowest BCUT2D eigenvalue weighted by molar-refractivity contribution is -0.122. The number of carbonyl (C=O) groups excluding carboxylic acids is 2. The molecule has 2 saturated heterocycles. The van der Waals surface area contributed by atoms with E-state index in [1.165, 1.54) is 5.56 Å². The molecule has 33 heavy (non-hydrogen) atoms. The number of hydrogen-bond donors (Lipinski definition) is 2. The number of nitrogens with one attached hydrogen (secondary N) is 2. The number of fused-ring (bicyclic) bond motifs is 4. The summed E-state index contributed by atoms with van der Waals surface area (Å²) in [6, 6.07) is 8.04. The molecule has 4 aliphatic rings. The molecule has 0 bridgehead atoms. The number of hydrogen-bond acceptors (Lipinski definition) is 6. The van der Waals surface area contributed by atoms with Gasteiger partial charge in [-0.15, -0.1) is 0 Å². The number of piperidine rings is 2. The van der Waals surface area contributed by atoms with Crippen molar-refractivity contribution in [3.05, 3.63) is 47.8 Å². The first kappa shape index (κ1) is 22.0. The number of likely N-dealkylation sites (tertiary alicyclic amines) is 2. The molecule has 0 aliphatic carbocycles. The summed E-state index contributed by atoms with van der Waals surface area (Å²) in [6.07, 6.45) is 7.98. The summed E-state index contributed by atoms with van der Waals surface area (Å²) in [4.78, 5) is 37.1. The molecule has 4 aliphatic heterocycles. The van der Waals surface area contributed by atoms with Gasteiger partial charge in [0.05, 0.1) is 5.41 Å². The highest BCUT2D eigenvalue weighted by molar-refractivity contribution is 6.05. The largest absolute Gasteiger partial charge is 0.310 e. The van der Waals surface area contributed by atoms with Crippen LogP contribution in [0.3, 0.4) is 0 Å². The molecule has 6 heterocycles. The van der Waals surface area contributed by atoms with Gasteiger partial charge in [0.15, 0.2) is 0 Å². The molecule has 2 spiro atoms. The minimum absolute atomic E-state index is 0.0262. The molecule has 8 heteroatoms. The van der Waals surface area contributed by atoms with E-state index in [4.69, 9.17) is 0 Å². The van der Waals surface area contributed by atoms with Crippen molar-refractivity contribution < 1.29 is 9.59 Å². The van der Waals surface area contributed by atoms with Crippen LogP contribution >= 0.6 is 0 Å². The second-order valence-corrected chi connectivity index (χ2v) is 9.95. The third-order valence-corrected chi connectivity index (χ3v) is 7.91. The fourth-order valence-corrected chi connectivity index (χ4v) is 5.74. The zero-order valence-electron chi connectivity index (χ0n) is 19.4. The first-order chi connectivity index (χ1) is 15.9. The molecule has 6 rings (SSSR count). The van der Waals surface area contributed by atoms with Crippen LogP contribution in [0.2, 0.25) is 0 Å². The average molecular weight is 449 g/mol. The molecule has 2 amide bonds. The van der Waals surface area contributed by atoms with Crippen molar-refractivity contribution in [2.75, 3.05) is 50.9 Å². The smallest absolute Gasteiger partial charge is 0.236 e. The quantitative estimate of drug-likeness (QED) is 0.643. The van der Waals surface area contributed by atoms with Crippen molar-refractivity contribution in [3.63, 3.8) is 0 Å². The monoisotopic (exact) mass is 448 g/mol. The molecule has 2 fully saturated rings. The second-order valence-electron chi connectivity index (χ2n) is 9.95. The Bertz CT molecular complexity index is 1050. The third kappa shape index (κ3) is 3.91. The topological polar surface area (TPSA) is 90.5 Å². The van der Waals surface area contributed by atoms with E-state index in [1.54, 1.807) is 12.4 Å². The number of carbonyl (C=O) groups is 2. The Morgan fingerprint density at radius 3 is 1.97 bits per heavy atom. The van der Waals surface area contributed by atoms with E-state index < -0.39 is 0 Å². The molecule has 8 nitrogen and oxygen atoms in total. The summed E-state index contributed by atoms with van der Waals surface area (Å²) < 4.78 is 0. The van der Waals surface area contributed by atoms with Gasteiger partial charge >= 0.3 is 0 Å². The minimum atomic E-state index is -0.309. The van der Waals surface area contributed by atoms with E-state index in [1.807, 2.05) is 18.2 Å². The molecule has 0 aromatic carbocycles. The van der Waals surface area contributed by atoms with Crippen molar-refractivity contribution in [3.8, 4) is 0 Å². The van der Waals surface area contributed by atoms with Gasteiger partial charge in [0.2, 0.25) is 11.8 Å². The van der Waals surface area contributed by atoms with Crippen molar-refractivity contribution in [1.82, 2.24) is 19.8 Å². The maximum Gasteiger partial charge on any atom is 0.236 e. The van der Waals surface area contributed by atoms with E-state index in [-0.39, 0.29) is 22.6 Å². The van der Waals surface area contributed by atoms with Crippen molar-refractivity contribution in [1.29, 1.82) is 0 Å². The Balaban J connectivity index is 0.000000139. The zero-order chi connectivity index (χ0) is 23.1. The number of pyridine rings is 2. The average Bonchev–Trinajstić information content (AvgIpc) is 3.09. The van der Waals surface area contributed by atoms with E-state index in [0.29, 0.717) is 6.42 Å². The van der Waals surface area contributed by atoms with E-state index in [2.05, 4.69) is 50.6 Å². The van der Waals surface area contributed by atoms with Crippen LogP contribution in [-0.4, -0.2) is 71.9 Å². The predicted octanol–water partition coefficient (Wildman–Crippen LogP) is 2.38. The van der Waals surface area contributed by atoms with Crippen molar-refractivity contribution >= 4 is 23.5 Å². The van der Waals surface area contributed by atoms with Crippen LogP contribution in [-0.2, 0) is 20.4 Å². The molecule has 0 unspecified atom stereocenters. The molecule has 2 aromatic rings. The Kier molecular flexibility index (Phi) is 5.66. The molecule has 0 atom stereocenters. The number of amides is 2. The van der Waals surface area contributed by atoms with Gasteiger partial charge in [0, 0.05) is 35.4 Å². The van der Waals surface area contributed by atoms with E-state index >= 15 is 0 Å². The maximum atomic E-state index is 12.1. The van der Waals surface area contributed by atoms with Crippen molar-refractivity contribution in [2.24, 2.45) is 0 Å². The SMILES string of the molecule is CN1CCC2(CC1)C(=O)Nc1ncccc12.CN1CCC2(CC1)CC(=O)Nc1ncccc12. The first-order valence-corrected chi connectivity index (χ1v) is 11.8. The normalized spacial score (nSPS) is 23.2. The van der Waals surface area contributed by atoms with Crippen LogP contribution in [0, 0.1) is 0 Å². The molecule has 0 saturated carbocycles. The molecule has 174 valence electrons. The Morgan fingerprint density at radius 2 is 1.33 bits per heavy atom. The molecular formula is C25H32N6O2. The van der Waals surface area contributed by atoms with Crippen LogP contribution in [0.1, 0.15) is 43.2 Å². The summed E-state index contributed by atoms with van der Waals surface area (Å²) in [5, 5.41) is 5.78. The molecule has 0 radical (unpaired) electrons. The summed E-state index contributed by atoms with van der Waals surface area (Å²) in [5.41, 5.74) is 2.04. The van der Waals surface area contributed by atoms with Crippen LogP contribution in [0.15, 0.2) is 36.7 Å². The van der Waals surface area contributed by atoms with Gasteiger partial charge < -0.3 is 20.4 Å². The van der Waals surface area contributed by atoms with Gasteiger partial charge in [0.25, 0.3) is 0 Å². The Hall–Kier alpha value is -2.84. The van der Waals surface area contributed by atoms with Crippen LogP contribution in [0.5, 0.6) is 0 Å². The third-order valence-electron chi connectivity index (χ3n) is 7.91. The molecule has 2 aromatic heterocycles. The van der Waals surface area contributed by atoms with E-state index in [0.717, 1.165) is 69.1 Å². The number of aromatic nitrogens is 2.